The topological polar surface area (TPSA) is 81.8 Å². The first-order valence-corrected chi connectivity index (χ1v) is 4.88. The molecule has 1 rings (SSSR count). The second-order valence-electron chi connectivity index (χ2n) is 3.43. The van der Waals surface area contributed by atoms with E-state index in [9.17, 15) is 9.18 Å². The molecule has 0 aliphatic rings. The molecule has 0 saturated heterocycles. The van der Waals surface area contributed by atoms with E-state index in [1.807, 2.05) is 0 Å². The van der Waals surface area contributed by atoms with E-state index in [4.69, 9.17) is 20.3 Å². The molecular formula is C11H14FNO4. The molecule has 17 heavy (non-hydrogen) atoms. The summed E-state index contributed by atoms with van der Waals surface area (Å²) < 4.78 is 23.1. The van der Waals surface area contributed by atoms with Gasteiger partial charge in [0.1, 0.15) is 17.3 Å². The Kier molecular flexibility index (Phi) is 4.28. The lowest BCUT2D eigenvalue weighted by Gasteiger charge is -2.17. The molecule has 94 valence electrons. The van der Waals surface area contributed by atoms with Crippen LogP contribution in [0.15, 0.2) is 12.1 Å². The quantitative estimate of drug-likeness (QED) is 0.815. The Balaban J connectivity index is 3.23. The first-order valence-electron chi connectivity index (χ1n) is 4.88. The van der Waals surface area contributed by atoms with Gasteiger partial charge in [-0.3, -0.25) is 4.79 Å². The third-order valence-electron chi connectivity index (χ3n) is 2.27. The molecule has 0 spiro atoms. The molecule has 0 aliphatic heterocycles. The molecule has 6 heteroatoms. The smallest absolute Gasteiger partial charge is 0.305 e. The van der Waals surface area contributed by atoms with E-state index in [2.05, 4.69) is 0 Å². The molecule has 0 bridgehead atoms. The van der Waals surface area contributed by atoms with Crippen molar-refractivity contribution in [1.29, 1.82) is 0 Å². The zero-order chi connectivity index (χ0) is 13.0. The van der Waals surface area contributed by atoms with Crippen molar-refractivity contribution in [3.8, 4) is 11.5 Å². The third kappa shape index (κ3) is 3.07. The molecule has 1 aromatic carbocycles. The second-order valence-corrected chi connectivity index (χ2v) is 3.43. The highest BCUT2D eigenvalue weighted by atomic mass is 19.1. The molecule has 0 fully saturated rings. The molecule has 1 unspecified atom stereocenters. The molecule has 0 radical (unpaired) electrons. The van der Waals surface area contributed by atoms with Gasteiger partial charge in [0.15, 0.2) is 0 Å². The molecule has 1 atom stereocenters. The fourth-order valence-electron chi connectivity index (χ4n) is 1.56. The number of carbonyl (C=O) groups is 1. The Morgan fingerprint density at radius 2 is 1.88 bits per heavy atom. The predicted molar refractivity (Wildman–Crippen MR) is 58.7 cm³/mol. The van der Waals surface area contributed by atoms with Crippen molar-refractivity contribution in [2.24, 2.45) is 5.73 Å². The Morgan fingerprint density at radius 1 is 1.41 bits per heavy atom. The van der Waals surface area contributed by atoms with Crippen molar-refractivity contribution in [3.05, 3.63) is 23.5 Å². The number of hydrogen-bond acceptors (Lipinski definition) is 4. The molecule has 0 saturated carbocycles. The number of rotatable bonds is 5. The summed E-state index contributed by atoms with van der Waals surface area (Å²) >= 11 is 0. The van der Waals surface area contributed by atoms with Gasteiger partial charge in [0, 0.05) is 18.2 Å². The van der Waals surface area contributed by atoms with E-state index in [-0.39, 0.29) is 17.9 Å². The SMILES string of the molecule is COc1cc(F)cc(OC)c1C(N)CC(=O)O. The number of methoxy groups -OCH3 is 2. The molecule has 5 nitrogen and oxygen atoms in total. The van der Waals surface area contributed by atoms with Crippen molar-refractivity contribution in [1.82, 2.24) is 0 Å². The molecular weight excluding hydrogens is 229 g/mol. The molecule has 0 heterocycles. The summed E-state index contributed by atoms with van der Waals surface area (Å²) in [6.45, 7) is 0. The molecule has 1 aromatic rings. The number of halogens is 1. The first kappa shape index (κ1) is 13.2. The van der Waals surface area contributed by atoms with Gasteiger partial charge in [0.25, 0.3) is 0 Å². The van der Waals surface area contributed by atoms with Gasteiger partial charge in [-0.2, -0.15) is 0 Å². The van der Waals surface area contributed by atoms with Crippen LogP contribution in [0.1, 0.15) is 18.0 Å². The summed E-state index contributed by atoms with van der Waals surface area (Å²) in [6, 6.07) is 1.46. The van der Waals surface area contributed by atoms with Gasteiger partial charge in [0.2, 0.25) is 0 Å². The standard InChI is InChI=1S/C11H14FNO4/c1-16-8-3-6(12)4-9(17-2)11(8)7(13)5-10(14)15/h3-4,7H,5,13H2,1-2H3,(H,14,15). The minimum absolute atomic E-state index is 0.176. The summed E-state index contributed by atoms with van der Waals surface area (Å²) in [7, 11) is 2.70. The van der Waals surface area contributed by atoms with Crippen molar-refractivity contribution >= 4 is 5.97 Å². The number of hydrogen-bond donors (Lipinski definition) is 2. The number of carboxylic acids is 1. The van der Waals surface area contributed by atoms with Crippen LogP contribution in [-0.4, -0.2) is 25.3 Å². The Bertz CT molecular complexity index is 397. The number of carboxylic acid groups (broad SMARTS) is 1. The summed E-state index contributed by atoms with van der Waals surface area (Å²) in [5.41, 5.74) is 6.08. The van der Waals surface area contributed by atoms with Crippen LogP contribution < -0.4 is 15.2 Å². The van der Waals surface area contributed by atoms with E-state index in [1.165, 1.54) is 14.2 Å². The number of nitrogens with two attached hydrogens (primary N) is 1. The number of aliphatic carboxylic acids is 1. The normalized spacial score (nSPS) is 12.0. The minimum Gasteiger partial charge on any atom is -0.496 e. The number of ether oxygens (including phenoxy) is 2. The van der Waals surface area contributed by atoms with Crippen molar-refractivity contribution in [2.45, 2.75) is 12.5 Å². The zero-order valence-electron chi connectivity index (χ0n) is 9.57. The summed E-state index contributed by atoms with van der Waals surface area (Å²) in [6.07, 6.45) is -0.293. The van der Waals surface area contributed by atoms with Crippen molar-refractivity contribution in [3.63, 3.8) is 0 Å². The third-order valence-corrected chi connectivity index (χ3v) is 2.27. The largest absolute Gasteiger partial charge is 0.496 e. The molecule has 0 amide bonds. The van der Waals surface area contributed by atoms with Crippen LogP contribution in [0.4, 0.5) is 4.39 Å². The van der Waals surface area contributed by atoms with Crippen LogP contribution in [0, 0.1) is 5.82 Å². The van der Waals surface area contributed by atoms with Crippen LogP contribution in [0.3, 0.4) is 0 Å². The van der Waals surface area contributed by atoms with Crippen LogP contribution >= 0.6 is 0 Å². The lowest BCUT2D eigenvalue weighted by molar-refractivity contribution is -0.137. The van der Waals surface area contributed by atoms with E-state index in [1.54, 1.807) is 0 Å². The summed E-state index contributed by atoms with van der Waals surface area (Å²) in [5.74, 6) is -1.23. The van der Waals surface area contributed by atoms with Gasteiger partial charge >= 0.3 is 5.97 Å². The van der Waals surface area contributed by atoms with Gasteiger partial charge in [-0.05, 0) is 0 Å². The second kappa shape index (κ2) is 5.49. The van der Waals surface area contributed by atoms with Gasteiger partial charge < -0.3 is 20.3 Å². The average Bonchev–Trinajstić information content (AvgIpc) is 2.26. The fraction of sp³-hybridized carbons (Fsp3) is 0.364. The highest BCUT2D eigenvalue weighted by Crippen LogP contribution is 2.35. The van der Waals surface area contributed by atoms with E-state index < -0.39 is 17.8 Å². The maximum atomic E-state index is 13.2. The molecule has 0 aliphatic carbocycles. The van der Waals surface area contributed by atoms with Gasteiger partial charge in [-0.1, -0.05) is 0 Å². The average molecular weight is 243 g/mol. The Labute approximate surface area is 97.9 Å². The highest BCUT2D eigenvalue weighted by molar-refractivity contribution is 5.68. The Morgan fingerprint density at radius 3 is 2.24 bits per heavy atom. The highest BCUT2D eigenvalue weighted by Gasteiger charge is 2.21. The summed E-state index contributed by atoms with van der Waals surface area (Å²) in [5, 5.41) is 8.69. The van der Waals surface area contributed by atoms with Crippen LogP contribution in [0.5, 0.6) is 11.5 Å². The minimum atomic E-state index is -1.05. The van der Waals surface area contributed by atoms with Crippen LogP contribution in [0.2, 0.25) is 0 Å². The van der Waals surface area contributed by atoms with Crippen molar-refractivity contribution in [2.75, 3.05) is 14.2 Å². The molecule has 0 aromatic heterocycles. The first-order chi connectivity index (χ1) is 7.99. The van der Waals surface area contributed by atoms with Gasteiger partial charge in [-0.15, -0.1) is 0 Å². The summed E-state index contributed by atoms with van der Waals surface area (Å²) in [4.78, 5) is 10.6. The van der Waals surface area contributed by atoms with E-state index >= 15 is 0 Å². The predicted octanol–water partition coefficient (Wildman–Crippen LogP) is 1.32. The van der Waals surface area contributed by atoms with Gasteiger partial charge in [-0.25, -0.2) is 4.39 Å². The van der Waals surface area contributed by atoms with E-state index in [0.717, 1.165) is 12.1 Å². The Hall–Kier alpha value is -1.82. The van der Waals surface area contributed by atoms with Crippen molar-refractivity contribution < 1.29 is 23.8 Å². The monoisotopic (exact) mass is 243 g/mol. The lowest BCUT2D eigenvalue weighted by Crippen LogP contribution is -2.17. The van der Waals surface area contributed by atoms with E-state index in [0.29, 0.717) is 5.56 Å². The maximum absolute atomic E-state index is 13.2. The zero-order valence-corrected chi connectivity index (χ0v) is 9.57. The lowest BCUT2D eigenvalue weighted by atomic mass is 10.0. The molecule has 3 N–H and O–H groups in total. The fourth-order valence-corrected chi connectivity index (χ4v) is 1.56. The van der Waals surface area contributed by atoms with Crippen LogP contribution in [0.25, 0.3) is 0 Å². The number of benzene rings is 1. The van der Waals surface area contributed by atoms with Crippen LogP contribution in [-0.2, 0) is 4.79 Å². The van der Waals surface area contributed by atoms with Gasteiger partial charge in [0.05, 0.1) is 26.2 Å². The maximum Gasteiger partial charge on any atom is 0.305 e.